The van der Waals surface area contributed by atoms with Crippen LogP contribution >= 0.6 is 45.9 Å². The van der Waals surface area contributed by atoms with Crippen LogP contribution in [0.15, 0.2) is 47.8 Å². The fraction of sp³-hybridized carbons (Fsp3) is 0.182. The zero-order chi connectivity index (χ0) is 24.7. The van der Waals surface area contributed by atoms with Crippen molar-refractivity contribution in [2.24, 2.45) is 0 Å². The Morgan fingerprint density at radius 3 is 2.56 bits per heavy atom. The van der Waals surface area contributed by atoms with Crippen LogP contribution in [0, 0.1) is 0 Å². The molecule has 0 radical (unpaired) electrons. The minimum Gasteiger partial charge on any atom is -0.436 e. The van der Waals surface area contributed by atoms with Crippen molar-refractivity contribution >= 4 is 77.7 Å². The molecular weight excluding hydrogens is 539 g/mol. The number of amides is 1. The molecule has 0 atom stereocenters. The van der Waals surface area contributed by atoms with Gasteiger partial charge in [0.05, 0.1) is 12.0 Å². The Morgan fingerprint density at radius 1 is 1.12 bits per heavy atom. The molecular formula is C22H18Cl2N2O5S3. The highest BCUT2D eigenvalue weighted by molar-refractivity contribution is 7.87. The van der Waals surface area contributed by atoms with Crippen molar-refractivity contribution in [2.45, 2.75) is 18.6 Å². The van der Waals surface area contributed by atoms with Gasteiger partial charge in [0.1, 0.15) is 14.2 Å². The lowest BCUT2D eigenvalue weighted by Gasteiger charge is -2.23. The number of carbonyl (C=O) groups excluding carboxylic acids is 1. The zero-order valence-electron chi connectivity index (χ0n) is 18.1. The summed E-state index contributed by atoms with van der Waals surface area (Å²) in [6.45, 7) is 3.15. The number of carbonyl (C=O) groups is 1. The van der Waals surface area contributed by atoms with Gasteiger partial charge in [-0.3, -0.25) is 8.98 Å². The predicted octanol–water partition coefficient (Wildman–Crippen LogP) is 6.92. The molecule has 4 rings (SSSR count). The van der Waals surface area contributed by atoms with E-state index in [1.165, 1.54) is 28.7 Å². The largest absolute Gasteiger partial charge is 0.436 e. The fourth-order valence-electron chi connectivity index (χ4n) is 3.14. The molecule has 3 aromatic heterocycles. The first-order valence-electron chi connectivity index (χ1n) is 9.74. The van der Waals surface area contributed by atoms with E-state index in [0.29, 0.717) is 26.2 Å². The Kier molecular flexibility index (Phi) is 6.92. The third-order valence-corrected chi connectivity index (χ3v) is 9.47. The minimum absolute atomic E-state index is 0.140. The molecule has 0 aliphatic rings. The summed E-state index contributed by atoms with van der Waals surface area (Å²) in [5.74, 6) is 0.274. The summed E-state index contributed by atoms with van der Waals surface area (Å²) in [5, 5.41) is 5.46. The van der Waals surface area contributed by atoms with Crippen LogP contribution < -0.4 is 10.1 Å². The molecule has 3 heterocycles. The van der Waals surface area contributed by atoms with Crippen LogP contribution in [0.3, 0.4) is 0 Å². The number of thiophene rings is 2. The first-order chi connectivity index (χ1) is 16.0. The second kappa shape index (κ2) is 9.44. The number of benzene rings is 1. The summed E-state index contributed by atoms with van der Waals surface area (Å²) < 4.78 is 35.1. The standard InChI is InChI=1S/C22H18Cl2N2O5S3/c1-22(2,34(28,29)30-3)13-4-5-16-12(8-13)9-17(33-16)21(27)25-14-10-18(23)26-19(11-14)31-15-6-7-32-20(15)24/h4-11H,1-3H3,(H,25,26,27). The van der Waals surface area contributed by atoms with Gasteiger partial charge in [0.25, 0.3) is 16.0 Å². The van der Waals surface area contributed by atoms with E-state index in [0.717, 1.165) is 17.2 Å². The van der Waals surface area contributed by atoms with Gasteiger partial charge in [-0.1, -0.05) is 29.3 Å². The van der Waals surface area contributed by atoms with Gasteiger partial charge in [-0.15, -0.1) is 22.7 Å². The van der Waals surface area contributed by atoms with E-state index in [1.54, 1.807) is 55.6 Å². The zero-order valence-corrected chi connectivity index (χ0v) is 22.0. The van der Waals surface area contributed by atoms with Gasteiger partial charge in [-0.05, 0) is 60.5 Å². The molecule has 178 valence electrons. The monoisotopic (exact) mass is 556 g/mol. The molecule has 7 nitrogen and oxygen atoms in total. The molecule has 4 aromatic rings. The first-order valence-corrected chi connectivity index (χ1v) is 13.6. The van der Waals surface area contributed by atoms with Crippen molar-refractivity contribution in [2.75, 3.05) is 12.4 Å². The van der Waals surface area contributed by atoms with E-state index >= 15 is 0 Å². The molecule has 0 unspecified atom stereocenters. The highest BCUT2D eigenvalue weighted by Crippen LogP contribution is 2.36. The van der Waals surface area contributed by atoms with Crippen molar-refractivity contribution < 1.29 is 22.1 Å². The second-order valence-electron chi connectivity index (χ2n) is 7.63. The summed E-state index contributed by atoms with van der Waals surface area (Å²) in [5.41, 5.74) is 0.957. The summed E-state index contributed by atoms with van der Waals surface area (Å²) in [6.07, 6.45) is 0. The smallest absolute Gasteiger partial charge is 0.276 e. The lowest BCUT2D eigenvalue weighted by molar-refractivity contribution is 0.103. The van der Waals surface area contributed by atoms with Gasteiger partial charge in [-0.25, -0.2) is 4.98 Å². The molecule has 0 aliphatic heterocycles. The number of anilines is 1. The maximum absolute atomic E-state index is 12.9. The molecule has 0 bridgehead atoms. The maximum Gasteiger partial charge on any atom is 0.276 e. The van der Waals surface area contributed by atoms with Gasteiger partial charge in [0.2, 0.25) is 5.88 Å². The summed E-state index contributed by atoms with van der Waals surface area (Å²) in [6, 6.07) is 11.7. The molecule has 0 spiro atoms. The molecule has 12 heteroatoms. The van der Waals surface area contributed by atoms with Crippen LogP contribution in [0.25, 0.3) is 10.1 Å². The fourth-order valence-corrected chi connectivity index (χ4v) is 5.90. The Hall–Kier alpha value is -2.21. The van der Waals surface area contributed by atoms with E-state index in [2.05, 4.69) is 10.3 Å². The lowest BCUT2D eigenvalue weighted by atomic mass is 10.0. The summed E-state index contributed by atoms with van der Waals surface area (Å²) in [7, 11) is -2.67. The average Bonchev–Trinajstić information content (AvgIpc) is 3.38. The third kappa shape index (κ3) is 4.93. The molecule has 1 aromatic carbocycles. The van der Waals surface area contributed by atoms with E-state index in [1.807, 2.05) is 0 Å². The molecule has 1 N–H and O–H groups in total. The quantitative estimate of drug-likeness (QED) is 0.196. The number of pyridine rings is 1. The number of nitrogens with one attached hydrogen (secondary N) is 1. The van der Waals surface area contributed by atoms with Crippen LogP contribution in [0.4, 0.5) is 5.69 Å². The first kappa shape index (κ1) is 24.9. The Bertz CT molecular complexity index is 1500. The topological polar surface area (TPSA) is 94.6 Å². The van der Waals surface area contributed by atoms with Crippen LogP contribution in [0.2, 0.25) is 9.49 Å². The Morgan fingerprint density at radius 2 is 1.88 bits per heavy atom. The van der Waals surface area contributed by atoms with Crippen LogP contribution in [0.5, 0.6) is 11.6 Å². The number of fused-ring (bicyclic) bond motifs is 1. The van der Waals surface area contributed by atoms with E-state index < -0.39 is 14.9 Å². The predicted molar refractivity (Wildman–Crippen MR) is 137 cm³/mol. The Balaban J connectivity index is 1.58. The number of nitrogens with zero attached hydrogens (tertiary/aromatic N) is 1. The number of hydrogen-bond acceptors (Lipinski definition) is 8. The number of aromatic nitrogens is 1. The van der Waals surface area contributed by atoms with Crippen LogP contribution in [0.1, 0.15) is 29.1 Å². The number of rotatable bonds is 7. The van der Waals surface area contributed by atoms with E-state index in [4.69, 9.17) is 32.1 Å². The molecule has 0 fully saturated rings. The molecule has 0 saturated heterocycles. The van der Waals surface area contributed by atoms with Crippen LogP contribution in [-0.2, 0) is 19.0 Å². The minimum atomic E-state index is -3.81. The van der Waals surface area contributed by atoms with E-state index in [-0.39, 0.29) is 16.9 Å². The maximum atomic E-state index is 12.9. The summed E-state index contributed by atoms with van der Waals surface area (Å²) >= 11 is 14.8. The number of ether oxygens (including phenoxy) is 1. The highest BCUT2D eigenvalue weighted by Gasteiger charge is 2.36. The average molecular weight is 558 g/mol. The van der Waals surface area contributed by atoms with Crippen molar-refractivity contribution in [3.8, 4) is 11.6 Å². The second-order valence-corrected chi connectivity index (χ2v) is 12.9. The number of hydrogen-bond donors (Lipinski definition) is 1. The molecule has 1 amide bonds. The van der Waals surface area contributed by atoms with Gasteiger partial charge >= 0.3 is 0 Å². The van der Waals surface area contributed by atoms with Gasteiger partial charge in [0.15, 0.2) is 5.75 Å². The van der Waals surface area contributed by atoms with Gasteiger partial charge in [-0.2, -0.15) is 8.42 Å². The normalized spacial score (nSPS) is 12.1. The third-order valence-electron chi connectivity index (χ3n) is 5.11. The van der Waals surface area contributed by atoms with Gasteiger partial charge < -0.3 is 10.1 Å². The summed E-state index contributed by atoms with van der Waals surface area (Å²) in [4.78, 5) is 17.5. The van der Waals surface area contributed by atoms with Crippen molar-refractivity contribution in [1.82, 2.24) is 4.98 Å². The molecule has 0 aliphatic carbocycles. The van der Waals surface area contributed by atoms with Crippen molar-refractivity contribution in [1.29, 1.82) is 0 Å². The Labute approximate surface area is 214 Å². The SMILES string of the molecule is COS(=O)(=O)C(C)(C)c1ccc2sc(C(=O)Nc3cc(Cl)nc(Oc4ccsc4Cl)c3)cc2c1. The van der Waals surface area contributed by atoms with Crippen LogP contribution in [-0.4, -0.2) is 26.4 Å². The highest BCUT2D eigenvalue weighted by atomic mass is 35.5. The van der Waals surface area contributed by atoms with E-state index in [9.17, 15) is 13.2 Å². The van der Waals surface area contributed by atoms with Gasteiger partial charge in [0, 0.05) is 16.5 Å². The van der Waals surface area contributed by atoms with Crippen molar-refractivity contribution in [3.05, 3.63) is 67.8 Å². The molecule has 0 saturated carbocycles. The van der Waals surface area contributed by atoms with Crippen molar-refractivity contribution in [3.63, 3.8) is 0 Å². The number of halogens is 2. The molecule has 34 heavy (non-hydrogen) atoms. The lowest BCUT2D eigenvalue weighted by Crippen LogP contribution is -2.30.